The average Bonchev–Trinajstić information content (AvgIpc) is 2.88. The Morgan fingerprint density at radius 1 is 1.18 bits per heavy atom. The van der Waals surface area contributed by atoms with E-state index in [-0.39, 0.29) is 6.61 Å². The van der Waals surface area contributed by atoms with Crippen LogP contribution in [0.3, 0.4) is 0 Å². The fourth-order valence-corrected chi connectivity index (χ4v) is 3.78. The van der Waals surface area contributed by atoms with Crippen LogP contribution in [0.5, 0.6) is 0 Å². The van der Waals surface area contributed by atoms with Gasteiger partial charge in [0.15, 0.2) is 0 Å². The molecule has 0 spiro atoms. The lowest BCUT2D eigenvalue weighted by atomic mass is 9.73. The van der Waals surface area contributed by atoms with E-state index in [2.05, 4.69) is 5.32 Å². The van der Waals surface area contributed by atoms with Crippen LogP contribution in [0.4, 0.5) is 0 Å². The van der Waals surface area contributed by atoms with Crippen LogP contribution < -0.4 is 5.32 Å². The maximum atomic E-state index is 9.29. The van der Waals surface area contributed by atoms with Crippen molar-refractivity contribution in [2.24, 2.45) is 5.92 Å². The quantitative estimate of drug-likeness (QED) is 0.631. The first-order chi connectivity index (χ1) is 13.2. The van der Waals surface area contributed by atoms with Gasteiger partial charge in [0.2, 0.25) is 0 Å². The number of allylic oxidation sites excluding steroid dienone is 4. The van der Waals surface area contributed by atoms with E-state index in [1.165, 1.54) is 0 Å². The van der Waals surface area contributed by atoms with Crippen molar-refractivity contribution >= 4 is 12.8 Å². The van der Waals surface area contributed by atoms with Crippen molar-refractivity contribution in [2.75, 3.05) is 13.7 Å². The maximum Gasteiger partial charge on any atom is 0.498 e. The normalized spacial score (nSPS) is 30.9. The van der Waals surface area contributed by atoms with E-state index in [0.29, 0.717) is 23.4 Å². The van der Waals surface area contributed by atoms with Crippen molar-refractivity contribution in [2.45, 2.75) is 70.6 Å². The smallest absolute Gasteiger partial charge is 0.497 e. The lowest BCUT2D eigenvalue weighted by molar-refractivity contribution is 0.00578. The Balaban J connectivity index is 1.76. The van der Waals surface area contributed by atoms with Gasteiger partial charge in [-0.3, -0.25) is 0 Å². The van der Waals surface area contributed by atoms with Crippen molar-refractivity contribution in [1.82, 2.24) is 5.32 Å². The molecule has 2 fully saturated rings. The van der Waals surface area contributed by atoms with E-state index in [4.69, 9.17) is 19.5 Å². The Hall–Kier alpha value is -1.57. The van der Waals surface area contributed by atoms with Crippen LogP contribution in [-0.4, -0.2) is 48.9 Å². The first-order valence-corrected chi connectivity index (χ1v) is 10.2. The molecule has 0 aromatic rings. The van der Waals surface area contributed by atoms with Crippen molar-refractivity contribution in [1.29, 1.82) is 5.41 Å². The Bertz CT molecular complexity index is 687. The van der Waals surface area contributed by atoms with Gasteiger partial charge < -0.3 is 29.9 Å². The predicted octanol–water partition coefficient (Wildman–Crippen LogP) is 3.13. The first kappa shape index (κ1) is 21.2. The van der Waals surface area contributed by atoms with Gasteiger partial charge in [0.05, 0.1) is 24.0 Å². The number of aliphatic hydroxyl groups is 1. The molecule has 0 amide bonds. The van der Waals surface area contributed by atoms with Gasteiger partial charge in [0.25, 0.3) is 0 Å². The molecule has 0 unspecified atom stereocenters. The SMILES string of the molecule is COC1=CC(=N)/C(=C\NC2CCC(CO)CC2)C=C1B1OC(C)(C)C(C)(C)O1. The van der Waals surface area contributed by atoms with E-state index in [9.17, 15) is 5.11 Å². The van der Waals surface area contributed by atoms with Crippen LogP contribution in [0.15, 0.2) is 35.2 Å². The van der Waals surface area contributed by atoms with Crippen molar-refractivity contribution < 1.29 is 19.2 Å². The number of methoxy groups -OCH3 is 1. The van der Waals surface area contributed by atoms with Crippen LogP contribution >= 0.6 is 0 Å². The Labute approximate surface area is 168 Å². The molecule has 1 aliphatic heterocycles. The summed E-state index contributed by atoms with van der Waals surface area (Å²) in [6.07, 6.45) is 9.71. The molecule has 1 heterocycles. The molecular weight excluding hydrogens is 355 g/mol. The third-order valence-electron chi connectivity index (χ3n) is 6.49. The van der Waals surface area contributed by atoms with Crippen LogP contribution in [-0.2, 0) is 14.0 Å². The number of ether oxygens (including phenoxy) is 1. The summed E-state index contributed by atoms with van der Waals surface area (Å²) in [4.78, 5) is 0. The minimum atomic E-state index is -0.535. The molecule has 0 atom stereocenters. The van der Waals surface area contributed by atoms with Gasteiger partial charge in [-0.1, -0.05) is 0 Å². The van der Waals surface area contributed by atoms with Crippen LogP contribution in [0.1, 0.15) is 53.4 Å². The molecule has 1 saturated heterocycles. The summed E-state index contributed by atoms with van der Waals surface area (Å²) in [6, 6.07) is 0.379. The fourth-order valence-electron chi connectivity index (χ4n) is 3.78. The molecule has 154 valence electrons. The minimum Gasteiger partial charge on any atom is -0.497 e. The topological polar surface area (TPSA) is 83.8 Å². The van der Waals surface area contributed by atoms with E-state index in [1.54, 1.807) is 13.2 Å². The van der Waals surface area contributed by atoms with Crippen molar-refractivity contribution in [3.63, 3.8) is 0 Å². The molecule has 6 nitrogen and oxygen atoms in total. The molecule has 0 radical (unpaired) electrons. The summed E-state index contributed by atoms with van der Waals surface area (Å²) in [5.41, 5.74) is 1.11. The summed E-state index contributed by atoms with van der Waals surface area (Å²) in [5, 5.41) is 21.1. The van der Waals surface area contributed by atoms with E-state index in [0.717, 1.165) is 36.7 Å². The Morgan fingerprint density at radius 2 is 1.79 bits per heavy atom. The largest absolute Gasteiger partial charge is 0.498 e. The molecule has 0 aromatic carbocycles. The third kappa shape index (κ3) is 4.21. The number of aliphatic hydroxyl groups excluding tert-OH is 1. The molecule has 3 aliphatic rings. The lowest BCUT2D eigenvalue weighted by Gasteiger charge is -2.32. The number of hydrogen-bond acceptors (Lipinski definition) is 6. The first-order valence-electron chi connectivity index (χ1n) is 10.2. The van der Waals surface area contributed by atoms with Crippen LogP contribution in [0, 0.1) is 11.3 Å². The summed E-state index contributed by atoms with van der Waals surface area (Å²) in [5.74, 6) is 1.03. The Morgan fingerprint density at radius 3 is 2.32 bits per heavy atom. The van der Waals surface area contributed by atoms with E-state index < -0.39 is 18.3 Å². The Kier molecular flexibility index (Phi) is 6.08. The second-order valence-electron chi connectivity index (χ2n) is 8.98. The number of rotatable bonds is 5. The number of hydrogen-bond donors (Lipinski definition) is 3. The van der Waals surface area contributed by atoms with Gasteiger partial charge >= 0.3 is 7.12 Å². The average molecular weight is 388 g/mol. The second kappa shape index (κ2) is 8.05. The lowest BCUT2D eigenvalue weighted by Crippen LogP contribution is -2.41. The van der Waals surface area contributed by atoms with Gasteiger partial charge in [0, 0.05) is 36.0 Å². The fraction of sp³-hybridized carbons (Fsp3) is 0.667. The molecule has 2 aliphatic carbocycles. The monoisotopic (exact) mass is 388 g/mol. The molecule has 0 bridgehead atoms. The number of nitrogens with one attached hydrogen (secondary N) is 2. The van der Waals surface area contributed by atoms with Gasteiger partial charge in [-0.25, -0.2) is 0 Å². The minimum absolute atomic E-state index is 0.281. The van der Waals surface area contributed by atoms with E-state index >= 15 is 0 Å². The molecule has 0 aromatic heterocycles. The molecular formula is C21H33BN2O4. The molecule has 3 N–H and O–H groups in total. The zero-order valence-corrected chi connectivity index (χ0v) is 17.7. The summed E-state index contributed by atoms with van der Waals surface area (Å²) in [6.45, 7) is 8.37. The second-order valence-corrected chi connectivity index (χ2v) is 8.98. The third-order valence-corrected chi connectivity index (χ3v) is 6.49. The highest BCUT2D eigenvalue weighted by atomic mass is 16.7. The maximum absolute atomic E-state index is 9.29. The standard InChI is InChI=1S/C21H33BN2O4/c1-20(2)21(3,4)28-22(27-20)17-10-15(18(23)11-19(17)26-5)12-24-16-8-6-14(13-25)7-9-16/h10-12,14,16,23-25H,6-9,13H2,1-5H3/b15-12-,23-18?. The molecule has 3 rings (SSSR count). The van der Waals surface area contributed by atoms with Crippen molar-refractivity contribution in [3.05, 3.63) is 35.2 Å². The van der Waals surface area contributed by atoms with Crippen molar-refractivity contribution in [3.8, 4) is 0 Å². The van der Waals surface area contributed by atoms with Crippen LogP contribution in [0.2, 0.25) is 0 Å². The van der Waals surface area contributed by atoms with Gasteiger partial charge in [-0.15, -0.1) is 0 Å². The summed E-state index contributed by atoms with van der Waals surface area (Å²) < 4.78 is 17.9. The highest BCUT2D eigenvalue weighted by Gasteiger charge is 2.53. The highest BCUT2D eigenvalue weighted by Crippen LogP contribution is 2.40. The molecule has 7 heteroatoms. The van der Waals surface area contributed by atoms with Gasteiger partial charge in [0.1, 0.15) is 5.76 Å². The van der Waals surface area contributed by atoms with Crippen LogP contribution in [0.25, 0.3) is 0 Å². The highest BCUT2D eigenvalue weighted by molar-refractivity contribution is 6.56. The van der Waals surface area contributed by atoms with E-state index in [1.807, 2.05) is 40.0 Å². The van der Waals surface area contributed by atoms with Gasteiger partial charge in [-0.2, -0.15) is 0 Å². The summed E-state index contributed by atoms with van der Waals surface area (Å²) in [7, 11) is 1.07. The summed E-state index contributed by atoms with van der Waals surface area (Å²) >= 11 is 0. The van der Waals surface area contributed by atoms with Gasteiger partial charge in [-0.05, 0) is 65.4 Å². The predicted molar refractivity (Wildman–Crippen MR) is 111 cm³/mol. The zero-order chi connectivity index (χ0) is 20.5. The molecule has 1 saturated carbocycles. The zero-order valence-electron chi connectivity index (χ0n) is 17.7. The molecule has 28 heavy (non-hydrogen) atoms.